The molecule has 1 aromatic heterocycles. The van der Waals surface area contributed by atoms with Crippen molar-refractivity contribution in [1.29, 1.82) is 0 Å². The molecule has 4 rings (SSSR count). The maximum atomic E-state index is 14.7. The molecule has 158 valence electrons. The lowest BCUT2D eigenvalue weighted by Gasteiger charge is -2.12. The van der Waals surface area contributed by atoms with Crippen molar-refractivity contribution in [3.8, 4) is 11.1 Å². The van der Waals surface area contributed by atoms with E-state index in [1.807, 2.05) is 51.1 Å². The first-order valence-corrected chi connectivity index (χ1v) is 10.5. The first kappa shape index (κ1) is 20.9. The van der Waals surface area contributed by atoms with E-state index >= 15 is 0 Å². The number of ketones is 1. The number of rotatable bonds is 6. The molecular weight excluding hydrogens is 391 g/mol. The van der Waals surface area contributed by atoms with Crippen molar-refractivity contribution in [2.24, 2.45) is 11.1 Å². The number of halogens is 1. The monoisotopic (exact) mass is 416 g/mol. The summed E-state index contributed by atoms with van der Waals surface area (Å²) in [5.41, 5.74) is 5.06. The van der Waals surface area contributed by atoms with Crippen LogP contribution in [0, 0.1) is 18.7 Å². The predicted molar refractivity (Wildman–Crippen MR) is 120 cm³/mol. The van der Waals surface area contributed by atoms with Gasteiger partial charge in [-0.05, 0) is 65.9 Å². The van der Waals surface area contributed by atoms with Crippen molar-refractivity contribution >= 4 is 11.5 Å². The lowest BCUT2D eigenvalue weighted by atomic mass is 9.91. The van der Waals surface area contributed by atoms with Gasteiger partial charge in [0.15, 0.2) is 11.9 Å². The molecule has 5 heteroatoms. The van der Waals surface area contributed by atoms with E-state index in [1.165, 1.54) is 6.07 Å². The fraction of sp³-hybridized carbons (Fsp3) is 0.269. The van der Waals surface area contributed by atoms with Crippen molar-refractivity contribution in [2.75, 3.05) is 0 Å². The number of oxime groups is 1. The van der Waals surface area contributed by atoms with Crippen molar-refractivity contribution in [1.82, 2.24) is 4.98 Å². The van der Waals surface area contributed by atoms with Gasteiger partial charge in [0.2, 0.25) is 0 Å². The van der Waals surface area contributed by atoms with Crippen LogP contribution < -0.4 is 0 Å². The third-order valence-electron chi connectivity index (χ3n) is 5.36. The maximum absolute atomic E-state index is 14.7. The molecule has 1 aliphatic rings. The summed E-state index contributed by atoms with van der Waals surface area (Å²) >= 11 is 0. The van der Waals surface area contributed by atoms with Crippen LogP contribution >= 0.6 is 0 Å². The Morgan fingerprint density at radius 1 is 1.10 bits per heavy atom. The van der Waals surface area contributed by atoms with Crippen LogP contribution in [0.5, 0.6) is 0 Å². The Morgan fingerprint density at radius 3 is 2.55 bits per heavy atom. The van der Waals surface area contributed by atoms with Gasteiger partial charge in [0.25, 0.3) is 0 Å². The topological polar surface area (TPSA) is 51.5 Å². The number of aryl methyl sites for hydroxylation is 1. The van der Waals surface area contributed by atoms with Gasteiger partial charge in [-0.3, -0.25) is 9.78 Å². The number of hydrogen-bond donors (Lipinski definition) is 0. The van der Waals surface area contributed by atoms with Crippen molar-refractivity contribution < 1.29 is 14.0 Å². The van der Waals surface area contributed by atoms with Crippen molar-refractivity contribution in [3.05, 3.63) is 89.0 Å². The third kappa shape index (κ3) is 4.71. The number of carbonyl (C=O) groups excluding carboxylic acids is 1. The minimum Gasteiger partial charge on any atom is -0.387 e. The van der Waals surface area contributed by atoms with Gasteiger partial charge in [0.1, 0.15) is 5.82 Å². The van der Waals surface area contributed by atoms with Crippen LogP contribution in [0.2, 0.25) is 0 Å². The fourth-order valence-electron chi connectivity index (χ4n) is 3.76. The number of benzene rings is 2. The highest BCUT2D eigenvalue weighted by Gasteiger charge is 2.25. The summed E-state index contributed by atoms with van der Waals surface area (Å²) in [5.74, 6) is -0.0338. The second-order valence-corrected chi connectivity index (χ2v) is 8.42. The van der Waals surface area contributed by atoms with Crippen LogP contribution in [0.4, 0.5) is 4.39 Å². The molecular formula is C26H25FN2O2. The zero-order valence-electron chi connectivity index (χ0n) is 17.9. The van der Waals surface area contributed by atoms with Gasteiger partial charge in [-0.15, -0.1) is 0 Å². The van der Waals surface area contributed by atoms with Gasteiger partial charge in [0.05, 0.1) is 5.71 Å². The van der Waals surface area contributed by atoms with Crippen LogP contribution in [0.3, 0.4) is 0 Å². The summed E-state index contributed by atoms with van der Waals surface area (Å²) in [4.78, 5) is 22.6. The van der Waals surface area contributed by atoms with Gasteiger partial charge >= 0.3 is 0 Å². The zero-order valence-corrected chi connectivity index (χ0v) is 17.9. The second-order valence-electron chi connectivity index (χ2n) is 8.42. The molecule has 0 amide bonds. The maximum Gasteiger partial charge on any atom is 0.163 e. The Labute approximate surface area is 181 Å². The number of nitrogens with zero attached hydrogens (tertiary/aromatic N) is 2. The first-order valence-electron chi connectivity index (χ1n) is 10.5. The molecule has 2 heterocycles. The van der Waals surface area contributed by atoms with E-state index in [1.54, 1.807) is 24.5 Å². The Balaban J connectivity index is 1.72. The fourth-order valence-corrected chi connectivity index (χ4v) is 3.76. The molecule has 2 aromatic carbocycles. The summed E-state index contributed by atoms with van der Waals surface area (Å²) in [6.07, 6.45) is 4.25. The Hall–Kier alpha value is -3.34. The first-order chi connectivity index (χ1) is 14.9. The molecule has 1 aliphatic heterocycles. The summed E-state index contributed by atoms with van der Waals surface area (Å²) in [7, 11) is 0. The summed E-state index contributed by atoms with van der Waals surface area (Å²) < 4.78 is 14.7. The molecule has 0 saturated heterocycles. The highest BCUT2D eigenvalue weighted by Crippen LogP contribution is 2.32. The summed E-state index contributed by atoms with van der Waals surface area (Å²) in [5, 5.41) is 4.29. The van der Waals surface area contributed by atoms with Crippen LogP contribution in [0.15, 0.2) is 66.1 Å². The van der Waals surface area contributed by atoms with Crippen molar-refractivity contribution in [2.45, 2.75) is 39.7 Å². The highest BCUT2D eigenvalue weighted by molar-refractivity contribution is 6.05. The SMILES string of the molecule is Cc1ccc(-c2cc(C(=O)CC(C)C)cc(C3=NOC(c4ccncc4)C3)c2)c(F)c1. The molecule has 1 atom stereocenters. The quantitative estimate of drug-likeness (QED) is 0.444. The minimum atomic E-state index is -0.307. The smallest absolute Gasteiger partial charge is 0.163 e. The van der Waals surface area contributed by atoms with Crippen LogP contribution in [-0.4, -0.2) is 16.5 Å². The van der Waals surface area contributed by atoms with Crippen LogP contribution in [-0.2, 0) is 4.84 Å². The number of aromatic nitrogens is 1. The van der Waals surface area contributed by atoms with E-state index in [-0.39, 0.29) is 23.6 Å². The van der Waals surface area contributed by atoms with E-state index in [0.29, 0.717) is 29.5 Å². The molecule has 0 spiro atoms. The number of hydrogen-bond acceptors (Lipinski definition) is 4. The second kappa shape index (κ2) is 8.80. The van der Waals surface area contributed by atoms with E-state index in [2.05, 4.69) is 10.1 Å². The molecule has 0 aliphatic carbocycles. The Kier molecular flexibility index (Phi) is 5.94. The average Bonchev–Trinajstić information content (AvgIpc) is 3.24. The van der Waals surface area contributed by atoms with Crippen LogP contribution in [0.25, 0.3) is 11.1 Å². The lowest BCUT2D eigenvalue weighted by molar-refractivity contribution is 0.0857. The minimum absolute atomic E-state index is 0.0378. The van der Waals surface area contributed by atoms with Gasteiger partial charge < -0.3 is 4.84 Å². The van der Waals surface area contributed by atoms with Crippen molar-refractivity contribution in [3.63, 3.8) is 0 Å². The number of Topliss-reactive ketones (excluding diaryl/α,β-unsaturated/α-hetero) is 1. The van der Waals surface area contributed by atoms with Gasteiger partial charge in [-0.1, -0.05) is 31.1 Å². The average molecular weight is 416 g/mol. The Morgan fingerprint density at radius 2 is 1.84 bits per heavy atom. The lowest BCUT2D eigenvalue weighted by Crippen LogP contribution is -2.07. The van der Waals surface area contributed by atoms with Crippen LogP contribution in [0.1, 0.15) is 59.8 Å². The van der Waals surface area contributed by atoms with E-state index in [4.69, 9.17) is 4.84 Å². The molecule has 0 fully saturated rings. The van der Waals surface area contributed by atoms with E-state index in [9.17, 15) is 9.18 Å². The van der Waals surface area contributed by atoms with E-state index < -0.39 is 0 Å². The molecule has 0 radical (unpaired) electrons. The predicted octanol–water partition coefficient (Wildman–Crippen LogP) is 6.29. The summed E-state index contributed by atoms with van der Waals surface area (Å²) in [6, 6.07) is 14.4. The largest absolute Gasteiger partial charge is 0.387 e. The number of pyridine rings is 1. The van der Waals surface area contributed by atoms with Gasteiger partial charge in [0, 0.05) is 41.9 Å². The molecule has 0 bridgehead atoms. The molecule has 4 nitrogen and oxygen atoms in total. The number of carbonyl (C=O) groups is 1. The third-order valence-corrected chi connectivity index (χ3v) is 5.36. The van der Waals surface area contributed by atoms with E-state index in [0.717, 1.165) is 22.4 Å². The Bertz CT molecular complexity index is 1140. The van der Waals surface area contributed by atoms with Gasteiger partial charge in [-0.2, -0.15) is 0 Å². The molecule has 0 N–H and O–H groups in total. The normalized spacial score (nSPS) is 15.6. The molecule has 0 saturated carbocycles. The molecule has 3 aromatic rings. The zero-order chi connectivity index (χ0) is 22.0. The highest BCUT2D eigenvalue weighted by atomic mass is 19.1. The van der Waals surface area contributed by atoms with Gasteiger partial charge in [-0.25, -0.2) is 4.39 Å². The standard InChI is InChI=1S/C26H25FN2O2/c1-16(2)10-25(30)21-13-19(22-5-4-17(3)11-23(22)27)12-20(14-21)24-15-26(31-29-24)18-6-8-28-9-7-18/h4-9,11-14,16,26H,10,15H2,1-3H3. The summed E-state index contributed by atoms with van der Waals surface area (Å²) in [6.45, 7) is 5.87. The molecule has 31 heavy (non-hydrogen) atoms. The molecule has 1 unspecified atom stereocenters.